The Hall–Kier alpha value is -1.65. The summed E-state index contributed by atoms with van der Waals surface area (Å²) in [6.45, 7) is 2.67. The average Bonchev–Trinajstić information content (AvgIpc) is 2.55. The number of rotatable bonds is 4. The predicted octanol–water partition coefficient (Wildman–Crippen LogP) is 2.89. The minimum absolute atomic E-state index is 0.606. The van der Waals surface area contributed by atoms with E-state index < -0.39 is 0 Å². The second-order valence-electron chi connectivity index (χ2n) is 5.70. The lowest BCUT2D eigenvalue weighted by Gasteiger charge is -2.31. The van der Waals surface area contributed by atoms with Crippen LogP contribution >= 0.6 is 0 Å². The molecule has 4 heteroatoms. The molecule has 0 bridgehead atoms. The van der Waals surface area contributed by atoms with Crippen LogP contribution in [0.5, 0.6) is 0 Å². The molecule has 4 nitrogen and oxygen atoms in total. The van der Waals surface area contributed by atoms with Crippen molar-refractivity contribution in [2.24, 2.45) is 0 Å². The maximum Gasteiger partial charge on any atom is 0.130 e. The summed E-state index contributed by atoms with van der Waals surface area (Å²) in [5.41, 5.74) is 2.30. The van der Waals surface area contributed by atoms with Crippen LogP contribution < -0.4 is 5.32 Å². The van der Waals surface area contributed by atoms with Crippen molar-refractivity contribution in [2.45, 2.75) is 25.4 Å². The van der Waals surface area contributed by atoms with E-state index in [1.54, 1.807) is 0 Å². The maximum absolute atomic E-state index is 5.45. The topological polar surface area (TPSA) is 37.4 Å². The molecule has 21 heavy (non-hydrogen) atoms. The molecular weight excluding hydrogens is 262 g/mol. The highest BCUT2D eigenvalue weighted by Crippen LogP contribution is 2.23. The summed E-state index contributed by atoms with van der Waals surface area (Å²) in [5.74, 6) is 0.979. The molecule has 112 valence electrons. The molecule has 1 aromatic carbocycles. The number of ether oxygens (including phenoxy) is 1. The van der Waals surface area contributed by atoms with Gasteiger partial charge < -0.3 is 10.1 Å². The van der Waals surface area contributed by atoms with E-state index >= 15 is 0 Å². The SMILES string of the molecule is CNc1nc2ccccc2cc1CN(C)C1CCOCC1. The fourth-order valence-electron chi connectivity index (χ4n) is 3.02. The molecule has 1 aromatic heterocycles. The van der Waals surface area contributed by atoms with Crippen LogP contribution in [0.4, 0.5) is 5.82 Å². The van der Waals surface area contributed by atoms with Crippen LogP contribution in [0.25, 0.3) is 10.9 Å². The largest absolute Gasteiger partial charge is 0.381 e. The number of pyridine rings is 1. The first kappa shape index (κ1) is 14.3. The van der Waals surface area contributed by atoms with E-state index in [0.29, 0.717) is 6.04 Å². The monoisotopic (exact) mass is 285 g/mol. The van der Waals surface area contributed by atoms with Crippen LogP contribution in [-0.4, -0.2) is 43.2 Å². The summed E-state index contributed by atoms with van der Waals surface area (Å²) in [7, 11) is 4.14. The Morgan fingerprint density at radius 2 is 2.05 bits per heavy atom. The van der Waals surface area contributed by atoms with Crippen LogP contribution in [0.2, 0.25) is 0 Å². The highest BCUT2D eigenvalue weighted by molar-refractivity contribution is 5.81. The van der Waals surface area contributed by atoms with Crippen LogP contribution in [0.3, 0.4) is 0 Å². The van der Waals surface area contributed by atoms with E-state index in [9.17, 15) is 0 Å². The van der Waals surface area contributed by atoms with E-state index in [4.69, 9.17) is 9.72 Å². The second kappa shape index (κ2) is 6.41. The number of nitrogens with zero attached hydrogens (tertiary/aromatic N) is 2. The number of aromatic nitrogens is 1. The van der Waals surface area contributed by atoms with Crippen LogP contribution in [0.1, 0.15) is 18.4 Å². The summed E-state index contributed by atoms with van der Waals surface area (Å²) >= 11 is 0. The van der Waals surface area contributed by atoms with E-state index in [1.807, 2.05) is 13.1 Å². The summed E-state index contributed by atoms with van der Waals surface area (Å²) in [4.78, 5) is 7.16. The lowest BCUT2D eigenvalue weighted by Crippen LogP contribution is -2.36. The van der Waals surface area contributed by atoms with E-state index in [0.717, 1.165) is 43.9 Å². The number of para-hydroxylation sites is 1. The van der Waals surface area contributed by atoms with Crippen molar-refractivity contribution >= 4 is 16.7 Å². The third kappa shape index (κ3) is 3.17. The Morgan fingerprint density at radius 1 is 1.29 bits per heavy atom. The molecule has 1 aliphatic heterocycles. The lowest BCUT2D eigenvalue weighted by molar-refractivity contribution is 0.0407. The molecule has 0 amide bonds. The van der Waals surface area contributed by atoms with Gasteiger partial charge in [0.15, 0.2) is 0 Å². The number of nitrogens with one attached hydrogen (secondary N) is 1. The van der Waals surface area contributed by atoms with Crippen molar-refractivity contribution in [3.63, 3.8) is 0 Å². The third-order valence-electron chi connectivity index (χ3n) is 4.27. The van der Waals surface area contributed by atoms with Crippen molar-refractivity contribution in [1.29, 1.82) is 0 Å². The van der Waals surface area contributed by atoms with Crippen molar-refractivity contribution < 1.29 is 4.74 Å². The van der Waals surface area contributed by atoms with Gasteiger partial charge in [-0.05, 0) is 32.0 Å². The molecule has 3 rings (SSSR count). The Kier molecular flexibility index (Phi) is 4.36. The second-order valence-corrected chi connectivity index (χ2v) is 5.70. The fraction of sp³-hybridized carbons (Fsp3) is 0.471. The normalized spacial score (nSPS) is 16.5. The molecule has 0 unspecified atom stereocenters. The quantitative estimate of drug-likeness (QED) is 0.937. The zero-order valence-corrected chi connectivity index (χ0v) is 12.8. The van der Waals surface area contributed by atoms with Gasteiger partial charge in [-0.25, -0.2) is 4.98 Å². The Bertz CT molecular complexity index is 608. The lowest BCUT2D eigenvalue weighted by atomic mass is 10.1. The first-order valence-corrected chi connectivity index (χ1v) is 7.62. The van der Waals surface area contributed by atoms with E-state index in [1.165, 1.54) is 10.9 Å². The van der Waals surface area contributed by atoms with Gasteiger partial charge in [-0.2, -0.15) is 0 Å². The molecule has 0 spiro atoms. The van der Waals surface area contributed by atoms with Gasteiger partial charge in [-0.1, -0.05) is 18.2 Å². The Balaban J connectivity index is 1.84. The van der Waals surface area contributed by atoms with Gasteiger partial charge in [0.25, 0.3) is 0 Å². The number of hydrogen-bond donors (Lipinski definition) is 1. The minimum atomic E-state index is 0.606. The molecular formula is C17H23N3O. The molecule has 0 atom stereocenters. The molecule has 2 heterocycles. The minimum Gasteiger partial charge on any atom is -0.381 e. The standard InChI is InChI=1S/C17H23N3O/c1-18-17-14(11-13-5-3-4-6-16(13)19-17)12-20(2)15-7-9-21-10-8-15/h3-6,11,15H,7-10,12H2,1-2H3,(H,18,19). The third-order valence-corrected chi connectivity index (χ3v) is 4.27. The first-order chi connectivity index (χ1) is 10.3. The zero-order chi connectivity index (χ0) is 14.7. The molecule has 0 radical (unpaired) electrons. The number of anilines is 1. The summed E-state index contributed by atoms with van der Waals surface area (Å²) < 4.78 is 5.45. The molecule has 1 N–H and O–H groups in total. The molecule has 1 aliphatic rings. The van der Waals surface area contributed by atoms with Crippen LogP contribution in [-0.2, 0) is 11.3 Å². The molecule has 1 saturated heterocycles. The van der Waals surface area contributed by atoms with E-state index in [2.05, 4.69) is 41.5 Å². The van der Waals surface area contributed by atoms with Gasteiger partial charge in [0, 0.05) is 43.8 Å². The summed E-state index contributed by atoms with van der Waals surface area (Å²) in [6.07, 6.45) is 2.23. The number of benzene rings is 1. The molecule has 2 aromatic rings. The van der Waals surface area contributed by atoms with E-state index in [-0.39, 0.29) is 0 Å². The van der Waals surface area contributed by atoms with Gasteiger partial charge >= 0.3 is 0 Å². The summed E-state index contributed by atoms with van der Waals surface area (Å²) in [5, 5.41) is 4.43. The van der Waals surface area contributed by atoms with Gasteiger partial charge in [0.05, 0.1) is 5.52 Å². The first-order valence-electron chi connectivity index (χ1n) is 7.62. The Labute approximate surface area is 126 Å². The van der Waals surface area contributed by atoms with Crippen molar-refractivity contribution in [1.82, 2.24) is 9.88 Å². The van der Waals surface area contributed by atoms with Crippen LogP contribution in [0, 0.1) is 0 Å². The highest BCUT2D eigenvalue weighted by atomic mass is 16.5. The van der Waals surface area contributed by atoms with Crippen molar-refractivity contribution in [3.8, 4) is 0 Å². The smallest absolute Gasteiger partial charge is 0.130 e. The fourth-order valence-corrected chi connectivity index (χ4v) is 3.02. The Morgan fingerprint density at radius 3 is 2.81 bits per heavy atom. The number of hydrogen-bond acceptors (Lipinski definition) is 4. The van der Waals surface area contributed by atoms with Crippen molar-refractivity contribution in [3.05, 3.63) is 35.9 Å². The van der Waals surface area contributed by atoms with Gasteiger partial charge in [-0.15, -0.1) is 0 Å². The maximum atomic E-state index is 5.45. The molecule has 1 fully saturated rings. The van der Waals surface area contributed by atoms with Gasteiger partial charge in [0.2, 0.25) is 0 Å². The summed E-state index contributed by atoms with van der Waals surface area (Å²) in [6, 6.07) is 11.1. The van der Waals surface area contributed by atoms with Gasteiger partial charge in [-0.3, -0.25) is 4.90 Å². The van der Waals surface area contributed by atoms with Crippen LogP contribution in [0.15, 0.2) is 30.3 Å². The average molecular weight is 285 g/mol. The van der Waals surface area contributed by atoms with Gasteiger partial charge in [0.1, 0.15) is 5.82 Å². The predicted molar refractivity (Wildman–Crippen MR) is 86.6 cm³/mol. The highest BCUT2D eigenvalue weighted by Gasteiger charge is 2.19. The molecule has 0 aliphatic carbocycles. The van der Waals surface area contributed by atoms with Crippen molar-refractivity contribution in [2.75, 3.05) is 32.6 Å². The zero-order valence-electron chi connectivity index (χ0n) is 12.8. The number of fused-ring (bicyclic) bond motifs is 1. The molecule has 0 saturated carbocycles.